The number of hydrogen-bond acceptors (Lipinski definition) is 4. The molecule has 0 aliphatic carbocycles. The molecule has 1 aromatic heterocycles. The summed E-state index contributed by atoms with van der Waals surface area (Å²) in [6, 6.07) is 2.42. The molecule has 1 aliphatic rings. The van der Waals surface area contributed by atoms with Crippen molar-refractivity contribution < 1.29 is 9.47 Å². The first-order valence-corrected chi connectivity index (χ1v) is 7.13. The number of ether oxygens (including phenoxy) is 2. The van der Waals surface area contributed by atoms with Crippen molar-refractivity contribution in [3.8, 4) is 5.75 Å². The number of aromatic nitrogens is 1. The quantitative estimate of drug-likeness (QED) is 0.822. The lowest BCUT2D eigenvalue weighted by molar-refractivity contribution is 0.181. The van der Waals surface area contributed by atoms with Gasteiger partial charge < -0.3 is 14.8 Å². The molecule has 0 amide bonds. The second-order valence-electron chi connectivity index (χ2n) is 5.13. The molecule has 106 valence electrons. The minimum atomic E-state index is 0.342. The second kappa shape index (κ2) is 7.46. The molecule has 0 saturated carbocycles. The van der Waals surface area contributed by atoms with Crippen LogP contribution in [0.25, 0.3) is 0 Å². The highest BCUT2D eigenvalue weighted by Crippen LogP contribution is 2.27. The van der Waals surface area contributed by atoms with Crippen molar-refractivity contribution in [2.24, 2.45) is 5.92 Å². The minimum absolute atomic E-state index is 0.342. The Balaban J connectivity index is 2.05. The predicted octanol–water partition coefficient (Wildman–Crippen LogP) is 2.56. The van der Waals surface area contributed by atoms with Gasteiger partial charge in [0, 0.05) is 25.5 Å². The van der Waals surface area contributed by atoms with E-state index in [0.29, 0.717) is 12.0 Å². The summed E-state index contributed by atoms with van der Waals surface area (Å²) in [5.74, 6) is 1.48. The number of methoxy groups -OCH3 is 1. The molecule has 1 aromatic rings. The summed E-state index contributed by atoms with van der Waals surface area (Å²) >= 11 is 0. The van der Waals surface area contributed by atoms with E-state index < -0.39 is 0 Å². The lowest BCUT2D eigenvalue weighted by Gasteiger charge is -2.21. The number of nitrogens with one attached hydrogen (secondary N) is 1. The number of pyridine rings is 1. The van der Waals surface area contributed by atoms with Gasteiger partial charge in [0.2, 0.25) is 0 Å². The molecule has 0 radical (unpaired) electrons. The molecule has 2 rings (SSSR count). The maximum Gasteiger partial charge on any atom is 0.137 e. The van der Waals surface area contributed by atoms with Gasteiger partial charge in [-0.1, -0.05) is 6.92 Å². The van der Waals surface area contributed by atoms with E-state index in [1.807, 2.05) is 6.20 Å². The van der Waals surface area contributed by atoms with Crippen LogP contribution in [0.2, 0.25) is 0 Å². The summed E-state index contributed by atoms with van der Waals surface area (Å²) in [6.07, 6.45) is 7.09. The number of nitrogens with zero attached hydrogens (tertiary/aromatic N) is 1. The Morgan fingerprint density at radius 1 is 1.53 bits per heavy atom. The highest BCUT2D eigenvalue weighted by molar-refractivity contribution is 5.26. The average Bonchev–Trinajstić information content (AvgIpc) is 2.96. The summed E-state index contributed by atoms with van der Waals surface area (Å²) in [6.45, 7) is 5.01. The average molecular weight is 264 g/mol. The van der Waals surface area contributed by atoms with Gasteiger partial charge in [-0.05, 0) is 43.4 Å². The first-order chi connectivity index (χ1) is 9.33. The molecule has 2 heterocycles. The van der Waals surface area contributed by atoms with Crippen molar-refractivity contribution in [1.29, 1.82) is 0 Å². The van der Waals surface area contributed by atoms with E-state index in [-0.39, 0.29) is 0 Å². The molecule has 1 N–H and O–H groups in total. The molecule has 4 heteroatoms. The Morgan fingerprint density at radius 2 is 2.42 bits per heavy atom. The Hall–Kier alpha value is -1.13. The fourth-order valence-corrected chi connectivity index (χ4v) is 2.50. The fourth-order valence-electron chi connectivity index (χ4n) is 2.50. The summed E-state index contributed by atoms with van der Waals surface area (Å²) in [5, 5.41) is 3.61. The Bertz CT molecular complexity index is 378. The van der Waals surface area contributed by atoms with Gasteiger partial charge in [0.25, 0.3) is 0 Å². The van der Waals surface area contributed by atoms with Crippen LogP contribution in [0, 0.1) is 5.92 Å². The van der Waals surface area contributed by atoms with Crippen molar-refractivity contribution in [3.63, 3.8) is 0 Å². The minimum Gasteiger partial charge on any atom is -0.495 e. The van der Waals surface area contributed by atoms with Gasteiger partial charge in [-0.2, -0.15) is 0 Å². The second-order valence-corrected chi connectivity index (χ2v) is 5.13. The molecule has 0 bridgehead atoms. The van der Waals surface area contributed by atoms with Crippen LogP contribution >= 0.6 is 0 Å². The molecule has 0 spiro atoms. The molecular weight excluding hydrogens is 240 g/mol. The van der Waals surface area contributed by atoms with Gasteiger partial charge >= 0.3 is 0 Å². The van der Waals surface area contributed by atoms with Crippen LogP contribution in [0.5, 0.6) is 5.75 Å². The standard InChI is InChI=1S/C15H24N2O2/c1-3-5-17-15(7-12-4-6-19-11-12)13-8-14(18-2)10-16-9-13/h8-10,12,15,17H,3-7,11H2,1-2H3. The fraction of sp³-hybridized carbons (Fsp3) is 0.667. The van der Waals surface area contributed by atoms with E-state index >= 15 is 0 Å². The molecule has 1 fully saturated rings. The van der Waals surface area contributed by atoms with Crippen LogP contribution in [-0.4, -0.2) is 31.9 Å². The highest BCUT2D eigenvalue weighted by atomic mass is 16.5. The third-order valence-corrected chi connectivity index (χ3v) is 3.61. The van der Waals surface area contributed by atoms with Gasteiger partial charge in [-0.3, -0.25) is 4.98 Å². The van der Waals surface area contributed by atoms with Crippen LogP contribution < -0.4 is 10.1 Å². The Labute approximate surface area is 115 Å². The van der Waals surface area contributed by atoms with E-state index in [4.69, 9.17) is 9.47 Å². The van der Waals surface area contributed by atoms with Crippen molar-refractivity contribution >= 4 is 0 Å². The largest absolute Gasteiger partial charge is 0.495 e. The first kappa shape index (κ1) is 14.3. The third-order valence-electron chi connectivity index (χ3n) is 3.61. The van der Waals surface area contributed by atoms with E-state index in [1.54, 1.807) is 13.3 Å². The zero-order valence-corrected chi connectivity index (χ0v) is 11.9. The molecule has 19 heavy (non-hydrogen) atoms. The van der Waals surface area contributed by atoms with Crippen molar-refractivity contribution in [3.05, 3.63) is 24.0 Å². The zero-order valence-electron chi connectivity index (χ0n) is 11.9. The lowest BCUT2D eigenvalue weighted by Crippen LogP contribution is -2.25. The van der Waals surface area contributed by atoms with Crippen LogP contribution in [0.15, 0.2) is 18.5 Å². The predicted molar refractivity (Wildman–Crippen MR) is 75.4 cm³/mol. The summed E-state index contributed by atoms with van der Waals surface area (Å²) in [7, 11) is 1.68. The Morgan fingerprint density at radius 3 is 3.11 bits per heavy atom. The van der Waals surface area contributed by atoms with Gasteiger partial charge in [0.1, 0.15) is 5.75 Å². The smallest absolute Gasteiger partial charge is 0.137 e. The summed E-state index contributed by atoms with van der Waals surface area (Å²) < 4.78 is 10.7. The molecular formula is C15H24N2O2. The van der Waals surface area contributed by atoms with E-state index in [9.17, 15) is 0 Å². The molecule has 1 aliphatic heterocycles. The maximum atomic E-state index is 5.48. The number of hydrogen-bond donors (Lipinski definition) is 1. The van der Waals surface area contributed by atoms with Gasteiger partial charge in [-0.15, -0.1) is 0 Å². The monoisotopic (exact) mass is 264 g/mol. The Kier molecular flexibility index (Phi) is 5.61. The summed E-state index contributed by atoms with van der Waals surface area (Å²) in [4.78, 5) is 4.26. The van der Waals surface area contributed by atoms with E-state index in [2.05, 4.69) is 23.3 Å². The molecule has 1 saturated heterocycles. The summed E-state index contributed by atoms with van der Waals surface area (Å²) in [5.41, 5.74) is 1.21. The van der Waals surface area contributed by atoms with Gasteiger partial charge in [0.05, 0.1) is 13.3 Å². The first-order valence-electron chi connectivity index (χ1n) is 7.13. The van der Waals surface area contributed by atoms with Gasteiger partial charge in [-0.25, -0.2) is 0 Å². The van der Waals surface area contributed by atoms with Crippen molar-refractivity contribution in [2.45, 2.75) is 32.2 Å². The molecule has 0 aromatic carbocycles. The zero-order chi connectivity index (χ0) is 13.5. The number of rotatable bonds is 7. The molecule has 4 nitrogen and oxygen atoms in total. The van der Waals surface area contributed by atoms with Crippen molar-refractivity contribution in [1.82, 2.24) is 10.3 Å². The lowest BCUT2D eigenvalue weighted by atomic mass is 9.95. The van der Waals surface area contributed by atoms with Crippen LogP contribution in [0.3, 0.4) is 0 Å². The normalized spacial score (nSPS) is 20.4. The van der Waals surface area contributed by atoms with E-state index in [1.165, 1.54) is 12.0 Å². The maximum absolute atomic E-state index is 5.48. The van der Waals surface area contributed by atoms with Gasteiger partial charge in [0.15, 0.2) is 0 Å². The van der Waals surface area contributed by atoms with Crippen LogP contribution in [-0.2, 0) is 4.74 Å². The van der Waals surface area contributed by atoms with Crippen molar-refractivity contribution in [2.75, 3.05) is 26.9 Å². The molecule has 2 atom stereocenters. The SMILES string of the molecule is CCCNC(CC1CCOC1)c1cncc(OC)c1. The van der Waals surface area contributed by atoms with Crippen LogP contribution in [0.1, 0.15) is 37.8 Å². The third kappa shape index (κ3) is 4.18. The molecule has 2 unspecified atom stereocenters. The van der Waals surface area contributed by atoms with Crippen LogP contribution in [0.4, 0.5) is 0 Å². The highest BCUT2D eigenvalue weighted by Gasteiger charge is 2.22. The van der Waals surface area contributed by atoms with E-state index in [0.717, 1.165) is 38.3 Å². The topological polar surface area (TPSA) is 43.4 Å².